The van der Waals surface area contributed by atoms with Crippen LogP contribution < -0.4 is 10.6 Å². The Balaban J connectivity index is 2.11. The first-order valence-corrected chi connectivity index (χ1v) is 7.55. The molecule has 0 aromatic heterocycles. The molecule has 23 heavy (non-hydrogen) atoms. The zero-order valence-corrected chi connectivity index (χ0v) is 13.9. The van der Waals surface area contributed by atoms with Gasteiger partial charge in [-0.1, -0.05) is 39.0 Å². The van der Waals surface area contributed by atoms with E-state index in [2.05, 4.69) is 31.4 Å². The molecule has 0 aliphatic carbocycles. The van der Waals surface area contributed by atoms with E-state index in [0.29, 0.717) is 16.9 Å². The molecule has 2 N–H and O–H groups in total. The molecule has 0 bridgehead atoms. The number of hydrogen-bond donors (Lipinski definition) is 2. The summed E-state index contributed by atoms with van der Waals surface area (Å²) in [5.74, 6) is -0.323. The Morgan fingerprint density at radius 2 is 1.43 bits per heavy atom. The van der Waals surface area contributed by atoms with E-state index in [4.69, 9.17) is 0 Å². The van der Waals surface area contributed by atoms with Gasteiger partial charge in [0.25, 0.3) is 5.91 Å². The molecule has 2 amide bonds. The molecule has 0 atom stereocenters. The molecular formula is C19H22N2O2. The quantitative estimate of drug-likeness (QED) is 0.893. The van der Waals surface area contributed by atoms with Crippen molar-refractivity contribution in [3.8, 4) is 0 Å². The van der Waals surface area contributed by atoms with Gasteiger partial charge in [0.05, 0.1) is 0 Å². The van der Waals surface area contributed by atoms with Crippen LogP contribution in [0.3, 0.4) is 0 Å². The van der Waals surface area contributed by atoms with Gasteiger partial charge < -0.3 is 10.6 Å². The number of nitrogens with one attached hydrogen (secondary N) is 2. The molecular weight excluding hydrogens is 288 g/mol. The van der Waals surface area contributed by atoms with Crippen LogP contribution in [0.4, 0.5) is 11.4 Å². The van der Waals surface area contributed by atoms with E-state index in [1.54, 1.807) is 24.3 Å². The van der Waals surface area contributed by atoms with Crippen molar-refractivity contribution < 1.29 is 9.59 Å². The zero-order valence-electron chi connectivity index (χ0n) is 13.9. The fourth-order valence-corrected chi connectivity index (χ4v) is 2.20. The van der Waals surface area contributed by atoms with Crippen LogP contribution in [0.25, 0.3) is 0 Å². The van der Waals surface area contributed by atoms with Crippen LogP contribution in [0.15, 0.2) is 48.5 Å². The Hall–Kier alpha value is -2.62. The fourth-order valence-electron chi connectivity index (χ4n) is 2.20. The Morgan fingerprint density at radius 1 is 0.870 bits per heavy atom. The van der Waals surface area contributed by atoms with Crippen molar-refractivity contribution in [3.05, 3.63) is 59.7 Å². The third-order valence-electron chi connectivity index (χ3n) is 3.45. The van der Waals surface area contributed by atoms with E-state index < -0.39 is 0 Å². The molecule has 0 saturated heterocycles. The van der Waals surface area contributed by atoms with Crippen molar-refractivity contribution in [1.82, 2.24) is 0 Å². The fraction of sp³-hybridized carbons (Fsp3) is 0.263. The summed E-state index contributed by atoms with van der Waals surface area (Å²) in [5, 5.41) is 5.53. The average molecular weight is 310 g/mol. The van der Waals surface area contributed by atoms with Crippen molar-refractivity contribution in [1.29, 1.82) is 0 Å². The lowest BCUT2D eigenvalue weighted by atomic mass is 9.87. The maximum Gasteiger partial charge on any atom is 0.255 e. The van der Waals surface area contributed by atoms with Gasteiger partial charge in [-0.05, 0) is 41.3 Å². The van der Waals surface area contributed by atoms with Crippen LogP contribution in [0.1, 0.15) is 43.6 Å². The zero-order chi connectivity index (χ0) is 17.0. The largest absolute Gasteiger partial charge is 0.326 e. The maximum absolute atomic E-state index is 12.3. The molecule has 2 rings (SSSR count). The SMILES string of the molecule is CC(=O)Nc1cccc(NC(=O)c2ccc(C(C)(C)C)cc2)c1. The van der Waals surface area contributed by atoms with E-state index in [1.165, 1.54) is 12.5 Å². The Kier molecular flexibility index (Phi) is 4.84. The molecule has 2 aromatic rings. The highest BCUT2D eigenvalue weighted by Gasteiger charge is 2.14. The summed E-state index contributed by atoms with van der Waals surface area (Å²) in [6, 6.07) is 14.7. The Bertz CT molecular complexity index is 713. The minimum Gasteiger partial charge on any atom is -0.326 e. The van der Waals surface area contributed by atoms with Crippen LogP contribution in [-0.4, -0.2) is 11.8 Å². The summed E-state index contributed by atoms with van der Waals surface area (Å²) in [6.45, 7) is 7.85. The number of carbonyl (C=O) groups is 2. The molecule has 0 aliphatic heterocycles. The summed E-state index contributed by atoms with van der Waals surface area (Å²) in [6.07, 6.45) is 0. The first-order chi connectivity index (χ1) is 10.8. The van der Waals surface area contributed by atoms with Gasteiger partial charge in [-0.25, -0.2) is 0 Å². The van der Waals surface area contributed by atoms with Crippen LogP contribution in [0, 0.1) is 0 Å². The van der Waals surface area contributed by atoms with Crippen LogP contribution >= 0.6 is 0 Å². The molecule has 4 heteroatoms. The van der Waals surface area contributed by atoms with E-state index in [1.807, 2.05) is 24.3 Å². The van der Waals surface area contributed by atoms with Gasteiger partial charge in [0.15, 0.2) is 0 Å². The molecule has 2 aromatic carbocycles. The monoisotopic (exact) mass is 310 g/mol. The number of hydrogen-bond acceptors (Lipinski definition) is 2. The Morgan fingerprint density at radius 3 is 1.96 bits per heavy atom. The predicted octanol–water partition coefficient (Wildman–Crippen LogP) is 4.19. The second-order valence-corrected chi connectivity index (χ2v) is 6.54. The topological polar surface area (TPSA) is 58.2 Å². The van der Waals surface area contributed by atoms with Gasteiger partial charge in [-0.2, -0.15) is 0 Å². The molecule has 0 spiro atoms. The highest BCUT2D eigenvalue weighted by atomic mass is 16.2. The van der Waals surface area contributed by atoms with Crippen molar-refractivity contribution in [3.63, 3.8) is 0 Å². The summed E-state index contributed by atoms with van der Waals surface area (Å²) in [7, 11) is 0. The molecule has 0 unspecified atom stereocenters. The number of rotatable bonds is 3. The van der Waals surface area contributed by atoms with Crippen LogP contribution in [0.5, 0.6) is 0 Å². The minimum absolute atomic E-state index is 0.0572. The molecule has 0 radical (unpaired) electrons. The summed E-state index contributed by atoms with van der Waals surface area (Å²) < 4.78 is 0. The van der Waals surface area contributed by atoms with Gasteiger partial charge in [0, 0.05) is 23.9 Å². The molecule has 0 aliphatic rings. The standard InChI is InChI=1S/C19H22N2O2/c1-13(22)20-16-6-5-7-17(12-16)21-18(23)14-8-10-15(11-9-14)19(2,3)4/h5-12H,1-4H3,(H,20,22)(H,21,23). The van der Waals surface area contributed by atoms with E-state index in [0.717, 1.165) is 0 Å². The predicted molar refractivity (Wildman–Crippen MR) is 93.8 cm³/mol. The summed E-state index contributed by atoms with van der Waals surface area (Å²) >= 11 is 0. The van der Waals surface area contributed by atoms with Crippen molar-refractivity contribution >= 4 is 23.2 Å². The van der Waals surface area contributed by atoms with Crippen molar-refractivity contribution in [2.75, 3.05) is 10.6 Å². The van der Waals surface area contributed by atoms with E-state index >= 15 is 0 Å². The smallest absolute Gasteiger partial charge is 0.255 e. The lowest BCUT2D eigenvalue weighted by molar-refractivity contribution is -0.114. The van der Waals surface area contributed by atoms with Gasteiger partial charge in [0.1, 0.15) is 0 Å². The summed E-state index contributed by atoms with van der Waals surface area (Å²) in [5.41, 5.74) is 3.13. The second kappa shape index (κ2) is 6.65. The second-order valence-electron chi connectivity index (χ2n) is 6.54. The lowest BCUT2D eigenvalue weighted by Gasteiger charge is -2.19. The normalized spacial score (nSPS) is 11.0. The number of carbonyl (C=O) groups excluding carboxylic acids is 2. The highest BCUT2D eigenvalue weighted by molar-refractivity contribution is 6.04. The Labute approximate surface area is 136 Å². The first-order valence-electron chi connectivity index (χ1n) is 7.55. The van der Waals surface area contributed by atoms with Crippen LogP contribution in [-0.2, 0) is 10.2 Å². The molecule has 0 fully saturated rings. The lowest BCUT2D eigenvalue weighted by Crippen LogP contribution is -2.14. The molecule has 4 nitrogen and oxygen atoms in total. The molecule has 0 saturated carbocycles. The van der Waals surface area contributed by atoms with Crippen LogP contribution in [0.2, 0.25) is 0 Å². The van der Waals surface area contributed by atoms with E-state index in [-0.39, 0.29) is 17.2 Å². The maximum atomic E-state index is 12.3. The first kappa shape index (κ1) is 16.7. The van der Waals surface area contributed by atoms with Gasteiger partial charge in [-0.15, -0.1) is 0 Å². The average Bonchev–Trinajstić information content (AvgIpc) is 2.46. The van der Waals surface area contributed by atoms with Gasteiger partial charge in [0.2, 0.25) is 5.91 Å². The van der Waals surface area contributed by atoms with Crippen molar-refractivity contribution in [2.24, 2.45) is 0 Å². The molecule has 0 heterocycles. The van der Waals surface area contributed by atoms with E-state index in [9.17, 15) is 9.59 Å². The third kappa shape index (κ3) is 4.68. The van der Waals surface area contributed by atoms with Gasteiger partial charge in [-0.3, -0.25) is 9.59 Å². The minimum atomic E-state index is -0.176. The number of anilines is 2. The third-order valence-corrected chi connectivity index (χ3v) is 3.45. The highest BCUT2D eigenvalue weighted by Crippen LogP contribution is 2.22. The van der Waals surface area contributed by atoms with Gasteiger partial charge >= 0.3 is 0 Å². The summed E-state index contributed by atoms with van der Waals surface area (Å²) in [4.78, 5) is 23.4. The molecule has 120 valence electrons. The number of benzene rings is 2. The van der Waals surface area contributed by atoms with Crippen molar-refractivity contribution in [2.45, 2.75) is 33.1 Å². The number of amides is 2.